The Kier molecular flexibility index (Phi) is 5.03. The predicted octanol–water partition coefficient (Wildman–Crippen LogP) is 3.63. The van der Waals surface area contributed by atoms with Gasteiger partial charge in [0.2, 0.25) is 0 Å². The molecule has 0 N–H and O–H groups in total. The summed E-state index contributed by atoms with van der Waals surface area (Å²) < 4.78 is 5.60. The zero-order valence-electron chi connectivity index (χ0n) is 12.7. The first kappa shape index (κ1) is 15.0. The average Bonchev–Trinajstić information content (AvgIpc) is 2.59. The van der Waals surface area contributed by atoms with Crippen molar-refractivity contribution in [1.82, 2.24) is 4.98 Å². The third kappa shape index (κ3) is 3.64. The van der Waals surface area contributed by atoms with Crippen molar-refractivity contribution >= 4 is 5.57 Å². The molecule has 115 valence electrons. The number of allylic oxidation sites excluding steroid dienone is 4. The van der Waals surface area contributed by atoms with E-state index in [1.807, 2.05) is 24.3 Å². The molecule has 1 unspecified atom stereocenters. The summed E-state index contributed by atoms with van der Waals surface area (Å²) in [7, 11) is 0. The fraction of sp³-hybridized carbons (Fsp3) is 0.389. The highest BCUT2D eigenvalue weighted by molar-refractivity contribution is 5.71. The first-order valence-corrected chi connectivity index (χ1v) is 7.73. The largest absolute Gasteiger partial charge is 0.378 e. The van der Waals surface area contributed by atoms with E-state index < -0.39 is 0 Å². The van der Waals surface area contributed by atoms with E-state index in [1.165, 1.54) is 5.57 Å². The van der Waals surface area contributed by atoms with Gasteiger partial charge in [-0.25, -0.2) is 0 Å². The van der Waals surface area contributed by atoms with Crippen LogP contribution >= 0.6 is 0 Å². The monoisotopic (exact) mass is 298 g/mol. The van der Waals surface area contributed by atoms with E-state index in [9.17, 15) is 0 Å². The first-order chi connectivity index (χ1) is 10.9. The van der Waals surface area contributed by atoms with Crippen LogP contribution in [0.1, 0.15) is 31.7 Å². The number of ether oxygens (including phenoxy) is 1. The Labute approximate surface area is 131 Å². The minimum absolute atomic E-state index is 0.152. The van der Waals surface area contributed by atoms with Gasteiger partial charge in [0.05, 0.1) is 12.8 Å². The van der Waals surface area contributed by atoms with E-state index in [0.717, 1.165) is 42.8 Å². The number of fused-ring (bicyclic) bond motifs is 1. The lowest BCUT2D eigenvalue weighted by Gasteiger charge is -2.25. The van der Waals surface area contributed by atoms with Crippen LogP contribution < -0.4 is 0 Å². The topological polar surface area (TPSA) is 40.6 Å². The van der Waals surface area contributed by atoms with Crippen LogP contribution in [0.5, 0.6) is 0 Å². The fourth-order valence-electron chi connectivity index (χ4n) is 2.43. The molecule has 1 aromatic rings. The molecule has 0 fully saturated rings. The van der Waals surface area contributed by atoms with Crippen LogP contribution in [0.3, 0.4) is 0 Å². The second-order valence-corrected chi connectivity index (χ2v) is 5.40. The molecule has 0 spiro atoms. The first-order valence-electron chi connectivity index (χ1n) is 7.73. The van der Waals surface area contributed by atoms with Crippen molar-refractivity contribution in [2.45, 2.75) is 32.3 Å². The molecule has 3 rings (SSSR count). The zero-order valence-corrected chi connectivity index (χ0v) is 12.7. The van der Waals surface area contributed by atoms with Crippen LogP contribution in [-0.4, -0.2) is 24.3 Å². The fourth-order valence-corrected chi connectivity index (χ4v) is 2.43. The van der Waals surface area contributed by atoms with Crippen LogP contribution in [-0.2, 0) is 14.5 Å². The third-order valence-corrected chi connectivity index (χ3v) is 3.66. The number of hydrogen-bond acceptors (Lipinski definition) is 4. The maximum atomic E-state index is 5.60. The van der Waals surface area contributed by atoms with Gasteiger partial charge in [0.15, 0.2) is 5.76 Å². The van der Waals surface area contributed by atoms with Crippen molar-refractivity contribution in [1.29, 1.82) is 0 Å². The predicted molar refractivity (Wildman–Crippen MR) is 83.5 cm³/mol. The van der Waals surface area contributed by atoms with E-state index in [0.29, 0.717) is 6.61 Å². The lowest BCUT2D eigenvalue weighted by molar-refractivity contribution is -0.294. The summed E-state index contributed by atoms with van der Waals surface area (Å²) in [6.07, 6.45) is 13.6. The zero-order chi connectivity index (χ0) is 15.2. The second-order valence-electron chi connectivity index (χ2n) is 5.40. The molecular weight excluding hydrogens is 278 g/mol. The molecule has 1 aromatic heterocycles. The van der Waals surface area contributed by atoms with Crippen LogP contribution in [0.15, 0.2) is 47.9 Å². The van der Waals surface area contributed by atoms with Gasteiger partial charge < -0.3 is 9.62 Å². The molecule has 1 aliphatic carbocycles. The van der Waals surface area contributed by atoms with Crippen molar-refractivity contribution in [2.24, 2.45) is 0 Å². The quantitative estimate of drug-likeness (QED) is 0.594. The van der Waals surface area contributed by atoms with Gasteiger partial charge in [-0.05, 0) is 30.2 Å². The van der Waals surface area contributed by atoms with E-state index in [-0.39, 0.29) is 6.10 Å². The Morgan fingerprint density at radius 2 is 2.32 bits per heavy atom. The highest BCUT2D eigenvalue weighted by Gasteiger charge is 2.24. The van der Waals surface area contributed by atoms with Gasteiger partial charge >= 0.3 is 0 Å². The van der Waals surface area contributed by atoms with E-state index in [2.05, 4.69) is 24.2 Å². The Balaban J connectivity index is 1.65. The number of hydrogen-bond donors (Lipinski definition) is 0. The number of nitrogens with zero attached hydrogens (tertiary/aromatic N) is 1. The van der Waals surface area contributed by atoms with Gasteiger partial charge in [0.25, 0.3) is 0 Å². The SMILES string of the molecule is CCCCOCC1C=C2CC(c3[c]nccc3)=CC=C2OO1. The number of pyridine rings is 1. The maximum absolute atomic E-state index is 5.60. The van der Waals surface area contributed by atoms with Crippen molar-refractivity contribution in [3.63, 3.8) is 0 Å². The molecule has 0 saturated carbocycles. The molecule has 4 nitrogen and oxygen atoms in total. The van der Waals surface area contributed by atoms with Crippen molar-refractivity contribution in [3.05, 3.63) is 59.7 Å². The lowest BCUT2D eigenvalue weighted by atomic mass is 9.92. The third-order valence-electron chi connectivity index (χ3n) is 3.66. The maximum Gasteiger partial charge on any atom is 0.168 e. The van der Waals surface area contributed by atoms with Crippen LogP contribution in [0.4, 0.5) is 0 Å². The minimum Gasteiger partial charge on any atom is -0.378 e. The molecular formula is C18H20NO3. The highest BCUT2D eigenvalue weighted by Crippen LogP contribution is 2.34. The standard InChI is InChI=1S/C18H20NO3/c1-2-3-9-20-13-17-11-16-10-14(6-7-18(16)22-21-17)15-5-4-8-19-12-15/h4-8,11,17H,2-3,9-10,13H2,1H3. The molecule has 4 heteroatoms. The number of unbranched alkanes of at least 4 members (excludes halogenated alkanes) is 1. The van der Waals surface area contributed by atoms with Gasteiger partial charge in [-0.15, -0.1) is 0 Å². The Bertz CT molecular complexity index is 590. The molecule has 2 aliphatic rings. The summed E-state index contributed by atoms with van der Waals surface area (Å²) in [4.78, 5) is 14.8. The second kappa shape index (κ2) is 7.38. The molecule has 1 atom stereocenters. The molecule has 0 aromatic carbocycles. The molecule has 0 amide bonds. The minimum atomic E-state index is -0.152. The molecule has 2 heterocycles. The summed E-state index contributed by atoms with van der Waals surface area (Å²) in [5.74, 6) is 0.775. The average molecular weight is 298 g/mol. The van der Waals surface area contributed by atoms with Gasteiger partial charge in [-0.3, -0.25) is 4.98 Å². The van der Waals surface area contributed by atoms with E-state index >= 15 is 0 Å². The summed E-state index contributed by atoms with van der Waals surface area (Å²) in [6.45, 7) is 3.43. The Morgan fingerprint density at radius 3 is 3.14 bits per heavy atom. The number of aromatic nitrogens is 1. The van der Waals surface area contributed by atoms with Crippen molar-refractivity contribution in [3.8, 4) is 0 Å². The van der Waals surface area contributed by atoms with Crippen molar-refractivity contribution in [2.75, 3.05) is 13.2 Å². The summed E-state index contributed by atoms with van der Waals surface area (Å²) >= 11 is 0. The van der Waals surface area contributed by atoms with E-state index in [4.69, 9.17) is 14.5 Å². The highest BCUT2D eigenvalue weighted by atomic mass is 17.2. The smallest absolute Gasteiger partial charge is 0.168 e. The van der Waals surface area contributed by atoms with Gasteiger partial charge in [0.1, 0.15) is 6.10 Å². The van der Waals surface area contributed by atoms with Gasteiger partial charge in [0, 0.05) is 30.4 Å². The lowest BCUT2D eigenvalue weighted by Crippen LogP contribution is -2.23. The van der Waals surface area contributed by atoms with E-state index in [1.54, 1.807) is 6.20 Å². The van der Waals surface area contributed by atoms with Gasteiger partial charge in [-0.1, -0.05) is 25.5 Å². The summed E-state index contributed by atoms with van der Waals surface area (Å²) in [5, 5.41) is 0. The summed E-state index contributed by atoms with van der Waals surface area (Å²) in [6, 6.07) is 3.94. The summed E-state index contributed by atoms with van der Waals surface area (Å²) in [5.41, 5.74) is 3.32. The molecule has 0 saturated heterocycles. The molecule has 22 heavy (non-hydrogen) atoms. The number of rotatable bonds is 6. The molecule has 0 bridgehead atoms. The van der Waals surface area contributed by atoms with Gasteiger partial charge in [-0.2, -0.15) is 4.89 Å². The van der Waals surface area contributed by atoms with Crippen LogP contribution in [0, 0.1) is 6.20 Å². The molecule has 1 aliphatic heterocycles. The Hall–Kier alpha value is -1.91. The van der Waals surface area contributed by atoms with Crippen LogP contribution in [0.25, 0.3) is 5.57 Å². The normalized spacial score (nSPS) is 20.4. The van der Waals surface area contributed by atoms with Crippen molar-refractivity contribution < 1.29 is 14.5 Å². The van der Waals surface area contributed by atoms with Crippen LogP contribution in [0.2, 0.25) is 0 Å². The molecule has 1 radical (unpaired) electrons. The Morgan fingerprint density at radius 1 is 1.36 bits per heavy atom.